The van der Waals surface area contributed by atoms with E-state index in [-0.39, 0.29) is 18.7 Å². The van der Waals surface area contributed by atoms with Crippen LogP contribution >= 0.6 is 0 Å². The molecule has 0 aliphatic rings. The summed E-state index contributed by atoms with van der Waals surface area (Å²) in [6.07, 6.45) is -3.24. The molecule has 0 aliphatic heterocycles. The Bertz CT molecular complexity index is 1030. The lowest BCUT2D eigenvalue weighted by Crippen LogP contribution is -2.30. The van der Waals surface area contributed by atoms with Crippen LogP contribution in [0.25, 0.3) is 0 Å². The van der Waals surface area contributed by atoms with Gasteiger partial charge in [0.05, 0.1) is 5.56 Å². The Morgan fingerprint density at radius 1 is 1.00 bits per heavy atom. The Balaban J connectivity index is 1.55. The van der Waals surface area contributed by atoms with Crippen molar-refractivity contribution < 1.29 is 22.7 Å². The first kappa shape index (κ1) is 21.8. The Kier molecular flexibility index (Phi) is 6.85. The summed E-state index contributed by atoms with van der Waals surface area (Å²) in [5.41, 5.74) is -0.209. The fourth-order valence-corrected chi connectivity index (χ4v) is 2.62. The second-order valence-electron chi connectivity index (χ2n) is 6.25. The minimum atomic E-state index is -4.89. The molecule has 1 amide bonds. The SMILES string of the molecule is Cc1nc(NCCNC(=O)c2ccccc2OC(F)(F)F)cc(Nc2ccccn2)n1. The zero-order valence-electron chi connectivity index (χ0n) is 16.4. The lowest BCUT2D eigenvalue weighted by Gasteiger charge is -2.13. The average Bonchev–Trinajstić information content (AvgIpc) is 2.71. The normalized spacial score (nSPS) is 11.0. The second kappa shape index (κ2) is 9.74. The highest BCUT2D eigenvalue weighted by Gasteiger charge is 2.32. The number of ether oxygens (including phenoxy) is 1. The number of carbonyl (C=O) groups excluding carboxylic acids is 1. The lowest BCUT2D eigenvalue weighted by molar-refractivity contribution is -0.274. The van der Waals surface area contributed by atoms with Crippen molar-refractivity contribution in [2.75, 3.05) is 23.7 Å². The van der Waals surface area contributed by atoms with Gasteiger partial charge in [0, 0.05) is 25.4 Å². The number of nitrogens with one attached hydrogen (secondary N) is 3. The van der Waals surface area contributed by atoms with Gasteiger partial charge < -0.3 is 20.7 Å². The molecule has 0 atom stereocenters. The summed E-state index contributed by atoms with van der Waals surface area (Å²) < 4.78 is 41.4. The van der Waals surface area contributed by atoms with Gasteiger partial charge in [-0.3, -0.25) is 4.79 Å². The van der Waals surface area contributed by atoms with Crippen LogP contribution in [0.5, 0.6) is 5.75 Å². The number of hydrogen-bond acceptors (Lipinski definition) is 7. The minimum Gasteiger partial charge on any atom is -0.405 e. The van der Waals surface area contributed by atoms with Crippen molar-refractivity contribution >= 4 is 23.4 Å². The second-order valence-corrected chi connectivity index (χ2v) is 6.25. The molecule has 2 heterocycles. The molecule has 31 heavy (non-hydrogen) atoms. The number of pyridine rings is 1. The number of aromatic nitrogens is 3. The van der Waals surface area contributed by atoms with Crippen LogP contribution in [-0.4, -0.2) is 40.3 Å². The Labute approximate surface area is 175 Å². The van der Waals surface area contributed by atoms with E-state index in [0.717, 1.165) is 6.07 Å². The molecule has 11 heteroatoms. The Morgan fingerprint density at radius 2 is 1.74 bits per heavy atom. The van der Waals surface area contributed by atoms with Crippen molar-refractivity contribution in [3.8, 4) is 5.75 Å². The molecule has 3 aromatic rings. The number of halogens is 3. The standard InChI is InChI=1S/C20H19F3N6O2/c1-13-27-17(12-18(28-13)29-16-8-4-5-9-24-16)25-10-11-26-19(30)14-6-2-3-7-15(14)31-20(21,22)23/h2-9,12H,10-11H2,1H3,(H,26,30)(H2,24,25,27,28,29). The minimum absolute atomic E-state index is 0.144. The van der Waals surface area contributed by atoms with Crippen molar-refractivity contribution in [1.29, 1.82) is 0 Å². The molecular weight excluding hydrogens is 413 g/mol. The molecule has 0 fully saturated rings. The highest BCUT2D eigenvalue weighted by atomic mass is 19.4. The molecule has 3 rings (SSSR count). The van der Waals surface area contributed by atoms with Crippen LogP contribution in [-0.2, 0) is 0 Å². The molecule has 1 aromatic carbocycles. The summed E-state index contributed by atoms with van der Waals surface area (Å²) in [6.45, 7) is 2.16. The molecule has 0 spiro atoms. The van der Waals surface area contributed by atoms with Gasteiger partial charge in [0.15, 0.2) is 0 Å². The molecule has 2 aromatic heterocycles. The number of aryl methyl sites for hydroxylation is 1. The molecule has 3 N–H and O–H groups in total. The van der Waals surface area contributed by atoms with Crippen molar-refractivity contribution in [2.24, 2.45) is 0 Å². The van der Waals surface area contributed by atoms with Gasteiger partial charge in [0.2, 0.25) is 0 Å². The number of nitrogens with zero attached hydrogens (tertiary/aromatic N) is 3. The van der Waals surface area contributed by atoms with E-state index in [1.165, 1.54) is 18.2 Å². The van der Waals surface area contributed by atoms with Crippen LogP contribution in [0.4, 0.5) is 30.6 Å². The highest BCUT2D eigenvalue weighted by Crippen LogP contribution is 2.26. The van der Waals surface area contributed by atoms with E-state index in [2.05, 4.69) is 35.6 Å². The van der Waals surface area contributed by atoms with E-state index in [1.807, 2.05) is 6.07 Å². The van der Waals surface area contributed by atoms with Gasteiger partial charge in [-0.25, -0.2) is 15.0 Å². The van der Waals surface area contributed by atoms with Gasteiger partial charge in [-0.1, -0.05) is 18.2 Å². The molecule has 0 saturated carbocycles. The highest BCUT2D eigenvalue weighted by molar-refractivity contribution is 5.96. The number of alkyl halides is 3. The van der Waals surface area contributed by atoms with Gasteiger partial charge in [-0.05, 0) is 31.2 Å². The number of amides is 1. The quantitative estimate of drug-likeness (QED) is 0.467. The number of carbonyl (C=O) groups is 1. The van der Waals surface area contributed by atoms with Crippen LogP contribution in [0.2, 0.25) is 0 Å². The van der Waals surface area contributed by atoms with E-state index in [0.29, 0.717) is 23.3 Å². The monoisotopic (exact) mass is 432 g/mol. The van der Waals surface area contributed by atoms with Crippen molar-refractivity contribution in [3.63, 3.8) is 0 Å². The zero-order valence-corrected chi connectivity index (χ0v) is 16.4. The summed E-state index contributed by atoms with van der Waals surface area (Å²) in [5, 5.41) is 8.64. The predicted molar refractivity (Wildman–Crippen MR) is 108 cm³/mol. The zero-order chi connectivity index (χ0) is 22.3. The predicted octanol–water partition coefficient (Wildman–Crippen LogP) is 3.66. The van der Waals surface area contributed by atoms with Gasteiger partial charge in [0.1, 0.15) is 29.0 Å². The molecule has 0 saturated heterocycles. The molecule has 8 nitrogen and oxygen atoms in total. The summed E-state index contributed by atoms with van der Waals surface area (Å²) in [6, 6.07) is 12.3. The largest absolute Gasteiger partial charge is 0.573 e. The third-order valence-electron chi connectivity index (χ3n) is 3.83. The molecule has 0 bridgehead atoms. The lowest BCUT2D eigenvalue weighted by atomic mass is 10.2. The van der Waals surface area contributed by atoms with Crippen LogP contribution in [0.3, 0.4) is 0 Å². The van der Waals surface area contributed by atoms with Crippen LogP contribution in [0.15, 0.2) is 54.7 Å². The maximum atomic E-state index is 12.5. The van der Waals surface area contributed by atoms with Crippen LogP contribution in [0.1, 0.15) is 16.2 Å². The maximum Gasteiger partial charge on any atom is 0.573 e. The summed E-state index contributed by atoms with van der Waals surface area (Å²) in [5.74, 6) is 0.955. The van der Waals surface area contributed by atoms with Crippen molar-refractivity contribution in [1.82, 2.24) is 20.3 Å². The van der Waals surface area contributed by atoms with Gasteiger partial charge in [0.25, 0.3) is 5.91 Å². The van der Waals surface area contributed by atoms with Crippen molar-refractivity contribution in [2.45, 2.75) is 13.3 Å². The van der Waals surface area contributed by atoms with Gasteiger partial charge in [-0.15, -0.1) is 13.2 Å². The van der Waals surface area contributed by atoms with E-state index in [4.69, 9.17) is 0 Å². The third-order valence-corrected chi connectivity index (χ3v) is 3.83. The number of para-hydroxylation sites is 1. The summed E-state index contributed by atoms with van der Waals surface area (Å²) in [7, 11) is 0. The summed E-state index contributed by atoms with van der Waals surface area (Å²) >= 11 is 0. The number of anilines is 3. The van der Waals surface area contributed by atoms with E-state index in [9.17, 15) is 18.0 Å². The fourth-order valence-electron chi connectivity index (χ4n) is 2.62. The first-order valence-electron chi connectivity index (χ1n) is 9.21. The molecule has 0 unspecified atom stereocenters. The van der Waals surface area contributed by atoms with Crippen molar-refractivity contribution in [3.05, 3.63) is 66.1 Å². The average molecular weight is 432 g/mol. The van der Waals surface area contributed by atoms with Crippen LogP contribution < -0.4 is 20.7 Å². The summed E-state index contributed by atoms with van der Waals surface area (Å²) in [4.78, 5) is 25.0. The van der Waals surface area contributed by atoms with Gasteiger partial charge in [-0.2, -0.15) is 0 Å². The molecular formula is C20H19F3N6O2. The van der Waals surface area contributed by atoms with E-state index < -0.39 is 18.0 Å². The Hall–Kier alpha value is -3.89. The third kappa shape index (κ3) is 6.84. The van der Waals surface area contributed by atoms with Gasteiger partial charge >= 0.3 is 6.36 Å². The topological polar surface area (TPSA) is 101 Å². The Morgan fingerprint density at radius 3 is 2.48 bits per heavy atom. The van der Waals surface area contributed by atoms with Crippen LogP contribution in [0, 0.1) is 6.92 Å². The smallest absolute Gasteiger partial charge is 0.405 e. The number of hydrogen-bond donors (Lipinski definition) is 3. The fraction of sp³-hybridized carbons (Fsp3) is 0.200. The van der Waals surface area contributed by atoms with E-state index in [1.54, 1.807) is 31.3 Å². The molecule has 0 radical (unpaired) electrons. The first-order valence-corrected chi connectivity index (χ1v) is 9.21. The molecule has 0 aliphatic carbocycles. The van der Waals surface area contributed by atoms with E-state index >= 15 is 0 Å². The number of rotatable bonds is 8. The maximum absolute atomic E-state index is 12.5. The number of benzene rings is 1. The molecule has 162 valence electrons. The first-order chi connectivity index (χ1) is 14.8.